The van der Waals surface area contributed by atoms with Crippen LogP contribution in [0.3, 0.4) is 0 Å². The molecule has 8 nitrogen and oxygen atoms in total. The fourth-order valence-corrected chi connectivity index (χ4v) is 7.02. The highest BCUT2D eigenvalue weighted by Crippen LogP contribution is 2.47. The summed E-state index contributed by atoms with van der Waals surface area (Å²) in [6.45, 7) is 3.96. The van der Waals surface area contributed by atoms with Crippen molar-refractivity contribution >= 4 is 31.7 Å². The van der Waals surface area contributed by atoms with Gasteiger partial charge in [0, 0.05) is 24.0 Å². The Kier molecular flexibility index (Phi) is 6.67. The van der Waals surface area contributed by atoms with E-state index in [-0.39, 0.29) is 18.6 Å². The molecular weight excluding hydrogens is 450 g/mol. The Morgan fingerprint density at radius 2 is 1.94 bits per heavy atom. The molecule has 0 amide bonds. The van der Waals surface area contributed by atoms with E-state index in [1.54, 1.807) is 17.7 Å². The van der Waals surface area contributed by atoms with Crippen molar-refractivity contribution in [1.82, 2.24) is 14.9 Å². The molecule has 2 aromatic rings. The monoisotopic (exact) mass is 481 g/mol. The highest BCUT2D eigenvalue weighted by molar-refractivity contribution is 7.85. The molecule has 0 unspecified atom stereocenters. The number of nitrogens with zero attached hydrogens (tertiary/aromatic N) is 3. The summed E-state index contributed by atoms with van der Waals surface area (Å²) in [5.41, 5.74) is 1.25. The lowest BCUT2D eigenvalue weighted by atomic mass is 9.91. The van der Waals surface area contributed by atoms with Gasteiger partial charge in [0.25, 0.3) is 10.1 Å². The highest BCUT2D eigenvalue weighted by atomic mass is 32.2. The molecule has 3 aliphatic rings. The van der Waals surface area contributed by atoms with Gasteiger partial charge in [0.1, 0.15) is 17.3 Å². The lowest BCUT2D eigenvalue weighted by Crippen LogP contribution is -2.46. The molecular formula is C22H31N3O5S2. The zero-order valence-corrected chi connectivity index (χ0v) is 20.1. The molecule has 0 bridgehead atoms. The minimum Gasteiger partial charge on any atom is -0.474 e. The number of aryl methyl sites for hydroxylation is 1. The number of rotatable bonds is 7. The predicted octanol–water partition coefficient (Wildman–Crippen LogP) is 3.11. The molecule has 1 aliphatic heterocycles. The van der Waals surface area contributed by atoms with Crippen molar-refractivity contribution in [3.05, 3.63) is 16.8 Å². The lowest BCUT2D eigenvalue weighted by Gasteiger charge is -2.38. The molecule has 2 aromatic heterocycles. The first-order valence-corrected chi connectivity index (χ1v) is 14.2. The van der Waals surface area contributed by atoms with Crippen LogP contribution in [-0.2, 0) is 25.5 Å². The summed E-state index contributed by atoms with van der Waals surface area (Å²) < 4.78 is 39.7. The van der Waals surface area contributed by atoms with Crippen molar-refractivity contribution < 1.29 is 22.1 Å². The SMILES string of the molecule is CS(=O)(=O)OCC[C@H]1CCc2sc3ncnc(OC4CCC(N5CCOCC5)CC4)c3c21. The number of aromatic nitrogens is 2. The minimum absolute atomic E-state index is 0.175. The summed E-state index contributed by atoms with van der Waals surface area (Å²) in [5, 5.41) is 1.03. The third kappa shape index (κ3) is 4.94. The maximum absolute atomic E-state index is 11.3. The third-order valence-corrected chi connectivity index (χ3v) is 8.71. The molecule has 3 heterocycles. The maximum Gasteiger partial charge on any atom is 0.264 e. The van der Waals surface area contributed by atoms with Crippen LogP contribution in [0.15, 0.2) is 6.33 Å². The second-order valence-corrected chi connectivity index (χ2v) is 11.8. The van der Waals surface area contributed by atoms with E-state index in [4.69, 9.17) is 13.7 Å². The summed E-state index contributed by atoms with van der Waals surface area (Å²) in [7, 11) is -3.42. The van der Waals surface area contributed by atoms with E-state index >= 15 is 0 Å². The summed E-state index contributed by atoms with van der Waals surface area (Å²) in [4.78, 5) is 13.9. The van der Waals surface area contributed by atoms with Gasteiger partial charge < -0.3 is 9.47 Å². The molecule has 0 N–H and O–H groups in total. The lowest BCUT2D eigenvalue weighted by molar-refractivity contribution is -0.00126. The van der Waals surface area contributed by atoms with Crippen LogP contribution in [0.1, 0.15) is 54.9 Å². The van der Waals surface area contributed by atoms with Gasteiger partial charge in [-0.15, -0.1) is 11.3 Å². The van der Waals surface area contributed by atoms with Crippen LogP contribution in [0.5, 0.6) is 5.88 Å². The molecule has 5 rings (SSSR count). The Morgan fingerprint density at radius 1 is 1.16 bits per heavy atom. The molecule has 0 radical (unpaired) electrons. The Hall–Kier alpha value is -1.33. The first kappa shape index (κ1) is 22.5. The third-order valence-electron chi connectivity index (χ3n) is 6.94. The molecule has 32 heavy (non-hydrogen) atoms. The standard InChI is InChI=1S/C22H31N3O5S2/c1-32(26,27)29-11-8-15-2-7-18-19(15)20-21(23-14-24-22(20)31-18)30-17-5-3-16(4-6-17)25-9-12-28-13-10-25/h14-17H,2-13H2,1H3/t15-,16?,17?/m1/s1. The fraction of sp³-hybridized carbons (Fsp3) is 0.727. The average molecular weight is 482 g/mol. The summed E-state index contributed by atoms with van der Waals surface area (Å²) in [6, 6.07) is 0.633. The Balaban J connectivity index is 1.28. The van der Waals surface area contributed by atoms with Crippen molar-refractivity contribution in [3.8, 4) is 5.88 Å². The van der Waals surface area contributed by atoms with Gasteiger partial charge in [-0.05, 0) is 56.4 Å². The van der Waals surface area contributed by atoms with Gasteiger partial charge in [-0.25, -0.2) is 9.97 Å². The topological polar surface area (TPSA) is 90.9 Å². The van der Waals surface area contributed by atoms with Gasteiger partial charge in [-0.1, -0.05) is 0 Å². The summed E-state index contributed by atoms with van der Waals surface area (Å²) in [5.74, 6) is 0.948. The van der Waals surface area contributed by atoms with E-state index in [9.17, 15) is 8.42 Å². The largest absolute Gasteiger partial charge is 0.474 e. The zero-order valence-electron chi connectivity index (χ0n) is 18.5. The van der Waals surface area contributed by atoms with E-state index in [0.717, 1.165) is 81.3 Å². The second-order valence-electron chi connectivity index (χ2n) is 9.04. The van der Waals surface area contributed by atoms with Crippen LogP contribution in [0.2, 0.25) is 0 Å². The first-order chi connectivity index (χ1) is 15.5. The average Bonchev–Trinajstić information content (AvgIpc) is 3.34. The van der Waals surface area contributed by atoms with Gasteiger partial charge in [0.05, 0.1) is 31.5 Å². The van der Waals surface area contributed by atoms with Crippen LogP contribution in [-0.4, -0.2) is 74.6 Å². The number of ether oxygens (including phenoxy) is 2. The number of fused-ring (bicyclic) bond motifs is 3. The molecule has 0 aromatic carbocycles. The minimum atomic E-state index is -3.42. The quantitative estimate of drug-likeness (QED) is 0.557. The first-order valence-electron chi connectivity index (χ1n) is 11.6. The van der Waals surface area contributed by atoms with Crippen LogP contribution in [0.25, 0.3) is 10.2 Å². The van der Waals surface area contributed by atoms with Crippen LogP contribution in [0.4, 0.5) is 0 Å². The van der Waals surface area contributed by atoms with E-state index in [2.05, 4.69) is 14.9 Å². The van der Waals surface area contributed by atoms with Gasteiger partial charge in [-0.2, -0.15) is 8.42 Å². The fourth-order valence-electron chi connectivity index (χ4n) is 5.39. The molecule has 10 heteroatoms. The molecule has 1 saturated carbocycles. The summed E-state index contributed by atoms with van der Waals surface area (Å²) >= 11 is 1.72. The van der Waals surface area contributed by atoms with E-state index in [1.807, 2.05) is 0 Å². The van der Waals surface area contributed by atoms with Gasteiger partial charge in [0.2, 0.25) is 5.88 Å². The predicted molar refractivity (Wildman–Crippen MR) is 123 cm³/mol. The van der Waals surface area contributed by atoms with Crippen molar-refractivity contribution in [2.75, 3.05) is 39.2 Å². The smallest absolute Gasteiger partial charge is 0.264 e. The molecule has 2 aliphatic carbocycles. The molecule has 1 atom stereocenters. The highest BCUT2D eigenvalue weighted by Gasteiger charge is 2.32. The van der Waals surface area contributed by atoms with Crippen molar-refractivity contribution in [3.63, 3.8) is 0 Å². The molecule has 0 spiro atoms. The normalized spacial score (nSPS) is 27.0. The van der Waals surface area contributed by atoms with Gasteiger partial charge in [0.15, 0.2) is 0 Å². The van der Waals surface area contributed by atoms with Crippen LogP contribution >= 0.6 is 11.3 Å². The zero-order chi connectivity index (χ0) is 22.1. The van der Waals surface area contributed by atoms with E-state index in [1.165, 1.54) is 10.4 Å². The summed E-state index contributed by atoms with van der Waals surface area (Å²) in [6.07, 6.45) is 9.90. The number of hydrogen-bond donors (Lipinski definition) is 0. The maximum atomic E-state index is 11.3. The van der Waals surface area contributed by atoms with Gasteiger partial charge >= 0.3 is 0 Å². The second kappa shape index (κ2) is 9.50. The number of thiophene rings is 1. The Labute approximate surface area is 193 Å². The van der Waals surface area contributed by atoms with E-state index < -0.39 is 10.1 Å². The number of hydrogen-bond acceptors (Lipinski definition) is 9. The van der Waals surface area contributed by atoms with Crippen LogP contribution < -0.4 is 4.74 Å². The molecule has 176 valence electrons. The Morgan fingerprint density at radius 3 is 2.69 bits per heavy atom. The van der Waals surface area contributed by atoms with E-state index in [0.29, 0.717) is 18.3 Å². The number of morpholine rings is 1. The molecule has 2 fully saturated rings. The van der Waals surface area contributed by atoms with Crippen molar-refractivity contribution in [2.45, 2.75) is 63.0 Å². The van der Waals surface area contributed by atoms with Crippen molar-refractivity contribution in [2.24, 2.45) is 0 Å². The molecule has 1 saturated heterocycles. The van der Waals surface area contributed by atoms with Gasteiger partial charge in [-0.3, -0.25) is 9.08 Å². The van der Waals surface area contributed by atoms with Crippen LogP contribution in [0, 0.1) is 0 Å². The van der Waals surface area contributed by atoms with Crippen molar-refractivity contribution in [1.29, 1.82) is 0 Å². The Bertz CT molecular complexity index is 1040.